The van der Waals surface area contributed by atoms with E-state index in [0.717, 1.165) is 34.4 Å². The summed E-state index contributed by atoms with van der Waals surface area (Å²) in [5.41, 5.74) is 4.00. The van der Waals surface area contributed by atoms with Crippen LogP contribution in [0.2, 0.25) is 5.02 Å². The molecule has 2 aromatic carbocycles. The van der Waals surface area contributed by atoms with Crippen molar-refractivity contribution in [3.63, 3.8) is 0 Å². The monoisotopic (exact) mass is 413 g/mol. The molecule has 1 unspecified atom stereocenters. The summed E-state index contributed by atoms with van der Waals surface area (Å²) >= 11 is 13.1. The summed E-state index contributed by atoms with van der Waals surface area (Å²) in [5.74, 6) is 0. The molecule has 1 nitrogen and oxygen atoms in total. The zero-order chi connectivity index (χ0) is 14.1. The van der Waals surface area contributed by atoms with Gasteiger partial charge in [0.15, 0.2) is 0 Å². The van der Waals surface area contributed by atoms with Crippen LogP contribution in [0.4, 0.5) is 5.69 Å². The third-order valence-corrected chi connectivity index (χ3v) is 5.41. The molecular formula is C16H14Br2ClN. The second-order valence-electron chi connectivity index (χ2n) is 5.13. The van der Waals surface area contributed by atoms with E-state index in [4.69, 9.17) is 11.6 Å². The van der Waals surface area contributed by atoms with Gasteiger partial charge in [0.05, 0.1) is 5.02 Å². The molecule has 0 saturated carbocycles. The van der Waals surface area contributed by atoms with Gasteiger partial charge in [0, 0.05) is 20.7 Å². The average molecular weight is 416 g/mol. The average Bonchev–Trinajstić information content (AvgIpc) is 2.43. The quantitative estimate of drug-likeness (QED) is 0.650. The molecule has 0 bridgehead atoms. The minimum Gasteiger partial charge on any atom is -0.382 e. The summed E-state index contributed by atoms with van der Waals surface area (Å²) in [7, 11) is 0. The van der Waals surface area contributed by atoms with E-state index >= 15 is 0 Å². The van der Waals surface area contributed by atoms with Gasteiger partial charge in [-0.15, -0.1) is 0 Å². The van der Waals surface area contributed by atoms with E-state index in [1.54, 1.807) is 0 Å². The molecule has 0 saturated heterocycles. The Hall–Kier alpha value is -0.510. The largest absolute Gasteiger partial charge is 0.382 e. The van der Waals surface area contributed by atoms with Crippen molar-refractivity contribution < 1.29 is 0 Å². The lowest BCUT2D eigenvalue weighted by atomic mass is 9.88. The molecule has 0 amide bonds. The zero-order valence-electron chi connectivity index (χ0n) is 10.8. The first-order valence-electron chi connectivity index (χ1n) is 6.61. The van der Waals surface area contributed by atoms with Crippen molar-refractivity contribution in [2.45, 2.75) is 25.3 Å². The van der Waals surface area contributed by atoms with Gasteiger partial charge in [-0.3, -0.25) is 0 Å². The van der Waals surface area contributed by atoms with Crippen molar-refractivity contribution in [2.24, 2.45) is 0 Å². The first-order chi connectivity index (χ1) is 9.61. The summed E-state index contributed by atoms with van der Waals surface area (Å²) in [5, 5.41) is 4.33. The van der Waals surface area contributed by atoms with Gasteiger partial charge in [-0.2, -0.15) is 0 Å². The summed E-state index contributed by atoms with van der Waals surface area (Å²) in [4.78, 5) is 0. The summed E-state index contributed by atoms with van der Waals surface area (Å²) < 4.78 is 2.10. The maximum Gasteiger partial charge on any atom is 0.0568 e. The van der Waals surface area contributed by atoms with E-state index in [2.05, 4.69) is 61.4 Å². The number of fused-ring (bicyclic) bond motifs is 1. The molecule has 3 rings (SSSR count). The minimum absolute atomic E-state index is 0.473. The van der Waals surface area contributed by atoms with Gasteiger partial charge in [-0.05, 0) is 76.7 Å². The predicted molar refractivity (Wildman–Crippen MR) is 92.7 cm³/mol. The van der Waals surface area contributed by atoms with E-state index in [1.165, 1.54) is 15.6 Å². The van der Waals surface area contributed by atoms with Crippen molar-refractivity contribution >= 4 is 49.1 Å². The van der Waals surface area contributed by atoms with Gasteiger partial charge in [-0.25, -0.2) is 0 Å². The number of anilines is 1. The molecule has 1 N–H and O–H groups in total. The lowest BCUT2D eigenvalue weighted by Crippen LogP contribution is -2.27. The Morgan fingerprint density at radius 1 is 1.05 bits per heavy atom. The normalized spacial score (nSPS) is 17.6. The number of hydrogen-bond donors (Lipinski definition) is 1. The first kappa shape index (κ1) is 14.4. The molecule has 4 heteroatoms. The maximum atomic E-state index is 6.14. The Kier molecular flexibility index (Phi) is 4.39. The molecule has 104 valence electrons. The Bertz CT molecular complexity index is 642. The van der Waals surface area contributed by atoms with Crippen LogP contribution < -0.4 is 5.32 Å². The number of hydrogen-bond acceptors (Lipinski definition) is 1. The van der Waals surface area contributed by atoms with Crippen LogP contribution in [-0.4, -0.2) is 6.04 Å². The van der Waals surface area contributed by atoms with Crippen molar-refractivity contribution in [1.82, 2.24) is 0 Å². The molecule has 20 heavy (non-hydrogen) atoms. The lowest BCUT2D eigenvalue weighted by molar-refractivity contribution is 0.610. The van der Waals surface area contributed by atoms with Gasteiger partial charge in [0.1, 0.15) is 0 Å². The molecular weight excluding hydrogens is 401 g/mol. The topological polar surface area (TPSA) is 12.0 Å². The van der Waals surface area contributed by atoms with Gasteiger partial charge in [0.25, 0.3) is 0 Å². The molecule has 0 fully saturated rings. The SMILES string of the molecule is Clc1cc(NC2CCc3cc(Br)ccc3C2)ccc1Br. The van der Waals surface area contributed by atoms with Gasteiger partial charge in [-0.1, -0.05) is 33.6 Å². The highest BCUT2D eigenvalue weighted by atomic mass is 79.9. The summed E-state index contributed by atoms with van der Waals surface area (Å²) in [6, 6.07) is 13.1. The van der Waals surface area contributed by atoms with Crippen molar-refractivity contribution in [2.75, 3.05) is 5.32 Å². The third-order valence-electron chi connectivity index (χ3n) is 3.69. The van der Waals surface area contributed by atoms with Gasteiger partial charge < -0.3 is 5.32 Å². The highest BCUT2D eigenvalue weighted by Gasteiger charge is 2.18. The van der Waals surface area contributed by atoms with E-state index in [0.29, 0.717) is 6.04 Å². The Labute approximate surface area is 141 Å². The first-order valence-corrected chi connectivity index (χ1v) is 8.57. The Balaban J connectivity index is 1.74. The molecule has 1 aliphatic rings. The van der Waals surface area contributed by atoms with Crippen LogP contribution in [0, 0.1) is 0 Å². The molecule has 0 aliphatic heterocycles. The fourth-order valence-corrected chi connectivity index (χ4v) is 3.50. The number of halogens is 3. The van der Waals surface area contributed by atoms with Crippen LogP contribution >= 0.6 is 43.5 Å². The molecule has 0 spiro atoms. The Morgan fingerprint density at radius 2 is 1.90 bits per heavy atom. The lowest BCUT2D eigenvalue weighted by Gasteiger charge is -2.26. The fraction of sp³-hybridized carbons (Fsp3) is 0.250. The Morgan fingerprint density at radius 3 is 2.70 bits per heavy atom. The van der Waals surface area contributed by atoms with Crippen molar-refractivity contribution in [1.29, 1.82) is 0 Å². The molecule has 1 atom stereocenters. The van der Waals surface area contributed by atoms with Crippen LogP contribution in [0.3, 0.4) is 0 Å². The molecule has 2 aromatic rings. The summed E-state index contributed by atoms with van der Waals surface area (Å²) in [6.45, 7) is 0. The number of aryl methyl sites for hydroxylation is 1. The number of nitrogens with one attached hydrogen (secondary N) is 1. The van der Waals surface area contributed by atoms with Crippen LogP contribution in [-0.2, 0) is 12.8 Å². The standard InChI is InChI=1S/C16H14Br2ClN/c17-12-3-1-11-8-13(4-2-10(11)7-12)20-14-5-6-15(18)16(19)9-14/h1,3,5-7,9,13,20H,2,4,8H2. The zero-order valence-corrected chi connectivity index (χ0v) is 14.7. The second-order valence-corrected chi connectivity index (χ2v) is 7.30. The van der Waals surface area contributed by atoms with Crippen LogP contribution in [0.25, 0.3) is 0 Å². The van der Waals surface area contributed by atoms with Gasteiger partial charge >= 0.3 is 0 Å². The number of benzene rings is 2. The van der Waals surface area contributed by atoms with Crippen LogP contribution in [0.1, 0.15) is 17.5 Å². The van der Waals surface area contributed by atoms with Crippen molar-refractivity contribution in [3.8, 4) is 0 Å². The van der Waals surface area contributed by atoms with E-state index in [9.17, 15) is 0 Å². The second kappa shape index (κ2) is 6.08. The third kappa shape index (κ3) is 3.21. The number of rotatable bonds is 2. The highest BCUT2D eigenvalue weighted by Crippen LogP contribution is 2.29. The van der Waals surface area contributed by atoms with Gasteiger partial charge in [0.2, 0.25) is 0 Å². The van der Waals surface area contributed by atoms with E-state index in [-0.39, 0.29) is 0 Å². The highest BCUT2D eigenvalue weighted by molar-refractivity contribution is 9.10. The molecule has 0 aromatic heterocycles. The summed E-state index contributed by atoms with van der Waals surface area (Å²) in [6.07, 6.45) is 3.34. The van der Waals surface area contributed by atoms with Crippen molar-refractivity contribution in [3.05, 3.63) is 61.5 Å². The van der Waals surface area contributed by atoms with Crippen LogP contribution in [0.5, 0.6) is 0 Å². The smallest absolute Gasteiger partial charge is 0.0568 e. The fourth-order valence-electron chi connectivity index (χ4n) is 2.67. The van der Waals surface area contributed by atoms with E-state index < -0.39 is 0 Å². The molecule has 0 radical (unpaired) electrons. The molecule has 1 aliphatic carbocycles. The molecule has 0 heterocycles. The maximum absolute atomic E-state index is 6.14. The minimum atomic E-state index is 0.473. The van der Waals surface area contributed by atoms with Crippen LogP contribution in [0.15, 0.2) is 45.3 Å². The predicted octanol–water partition coefficient (Wildman–Crippen LogP) is 5.83. The van der Waals surface area contributed by atoms with E-state index in [1.807, 2.05) is 12.1 Å².